The molecule has 0 amide bonds. The highest BCUT2D eigenvalue weighted by atomic mass is 35.5. The number of halogens is 1. The van der Waals surface area contributed by atoms with E-state index >= 15 is 0 Å². The number of aliphatic hydroxyl groups excluding tert-OH is 1. The van der Waals surface area contributed by atoms with E-state index in [1.165, 1.54) is 0 Å². The van der Waals surface area contributed by atoms with Gasteiger partial charge in [0.05, 0.1) is 6.07 Å². The van der Waals surface area contributed by atoms with Crippen LogP contribution >= 0.6 is 11.6 Å². The predicted octanol–water partition coefficient (Wildman–Crippen LogP) is 4.17. The molecule has 2 aromatic rings. The lowest BCUT2D eigenvalue weighted by Crippen LogP contribution is -2.36. The SMILES string of the molecule is N#CC1(C(O)c2ccccc2Cl)CCCc2ccccc21. The molecule has 106 valence electrons. The van der Waals surface area contributed by atoms with Crippen LogP contribution in [0.1, 0.15) is 35.6 Å². The van der Waals surface area contributed by atoms with E-state index in [0.29, 0.717) is 17.0 Å². The number of hydrogen-bond acceptors (Lipinski definition) is 2. The molecule has 1 aliphatic rings. The second-order valence-corrected chi connectivity index (χ2v) is 5.93. The largest absolute Gasteiger partial charge is 0.386 e. The minimum Gasteiger partial charge on any atom is -0.386 e. The Hall–Kier alpha value is -1.82. The van der Waals surface area contributed by atoms with E-state index < -0.39 is 11.5 Å². The summed E-state index contributed by atoms with van der Waals surface area (Å²) in [6.07, 6.45) is 1.58. The van der Waals surface area contributed by atoms with Gasteiger partial charge in [0.2, 0.25) is 0 Å². The van der Waals surface area contributed by atoms with Gasteiger partial charge in [-0.25, -0.2) is 0 Å². The third-order valence-electron chi connectivity index (χ3n) is 4.38. The summed E-state index contributed by atoms with van der Waals surface area (Å²) in [5, 5.41) is 21.3. The Kier molecular flexibility index (Phi) is 3.71. The minimum atomic E-state index is -0.919. The van der Waals surface area contributed by atoms with Crippen molar-refractivity contribution in [3.63, 3.8) is 0 Å². The van der Waals surface area contributed by atoms with Gasteiger partial charge in [0, 0.05) is 10.6 Å². The van der Waals surface area contributed by atoms with Crippen LogP contribution < -0.4 is 0 Å². The molecule has 0 heterocycles. The highest BCUT2D eigenvalue weighted by Gasteiger charge is 2.44. The molecule has 0 fully saturated rings. The quantitative estimate of drug-likeness (QED) is 0.904. The van der Waals surface area contributed by atoms with Gasteiger partial charge in [0.15, 0.2) is 0 Å². The van der Waals surface area contributed by atoms with Crippen LogP contribution in [0.25, 0.3) is 0 Å². The molecule has 0 spiro atoms. The maximum absolute atomic E-state index is 10.9. The van der Waals surface area contributed by atoms with Gasteiger partial charge in [-0.3, -0.25) is 0 Å². The van der Waals surface area contributed by atoms with E-state index in [4.69, 9.17) is 11.6 Å². The van der Waals surface area contributed by atoms with Crippen LogP contribution in [0, 0.1) is 11.3 Å². The average Bonchev–Trinajstić information content (AvgIpc) is 2.54. The molecule has 3 heteroatoms. The Morgan fingerprint density at radius 3 is 2.62 bits per heavy atom. The molecule has 2 aromatic carbocycles. The Bertz CT molecular complexity index is 706. The van der Waals surface area contributed by atoms with Crippen molar-refractivity contribution in [2.45, 2.75) is 30.8 Å². The zero-order chi connectivity index (χ0) is 14.9. The molecule has 2 unspecified atom stereocenters. The number of hydrogen-bond donors (Lipinski definition) is 1. The monoisotopic (exact) mass is 297 g/mol. The molecule has 21 heavy (non-hydrogen) atoms. The van der Waals surface area contributed by atoms with E-state index in [2.05, 4.69) is 6.07 Å². The van der Waals surface area contributed by atoms with Crippen molar-refractivity contribution in [3.05, 3.63) is 70.2 Å². The van der Waals surface area contributed by atoms with Gasteiger partial charge >= 0.3 is 0 Å². The Morgan fingerprint density at radius 2 is 1.86 bits per heavy atom. The highest BCUT2D eigenvalue weighted by molar-refractivity contribution is 6.31. The van der Waals surface area contributed by atoms with Crippen molar-refractivity contribution in [3.8, 4) is 6.07 Å². The number of fused-ring (bicyclic) bond motifs is 1. The third kappa shape index (κ3) is 2.23. The number of benzene rings is 2. The molecule has 0 aromatic heterocycles. The van der Waals surface area contributed by atoms with Gasteiger partial charge in [-0.2, -0.15) is 5.26 Å². The van der Waals surface area contributed by atoms with Crippen LogP contribution in [-0.4, -0.2) is 5.11 Å². The number of nitrogens with zero attached hydrogens (tertiary/aromatic N) is 1. The van der Waals surface area contributed by atoms with Crippen LogP contribution in [0.3, 0.4) is 0 Å². The first-order valence-corrected chi connectivity index (χ1v) is 7.49. The molecule has 0 saturated heterocycles. The summed E-state index contributed by atoms with van der Waals surface area (Å²) < 4.78 is 0. The molecule has 3 rings (SSSR count). The van der Waals surface area contributed by atoms with Crippen molar-refractivity contribution in [2.75, 3.05) is 0 Å². The van der Waals surface area contributed by atoms with Crippen LogP contribution in [0.2, 0.25) is 5.02 Å². The first-order chi connectivity index (χ1) is 10.2. The van der Waals surface area contributed by atoms with Crippen LogP contribution in [-0.2, 0) is 11.8 Å². The maximum atomic E-state index is 10.9. The topological polar surface area (TPSA) is 44.0 Å². The average molecular weight is 298 g/mol. The molecule has 2 atom stereocenters. The van der Waals surface area contributed by atoms with E-state index in [-0.39, 0.29) is 0 Å². The lowest BCUT2D eigenvalue weighted by molar-refractivity contribution is 0.0997. The van der Waals surface area contributed by atoms with Crippen molar-refractivity contribution >= 4 is 11.6 Å². The molecule has 0 radical (unpaired) electrons. The maximum Gasteiger partial charge on any atom is 0.112 e. The van der Waals surface area contributed by atoms with E-state index in [0.717, 1.165) is 24.0 Å². The van der Waals surface area contributed by atoms with E-state index in [1.807, 2.05) is 36.4 Å². The molecular weight excluding hydrogens is 282 g/mol. The molecule has 0 saturated carbocycles. The number of nitriles is 1. The zero-order valence-electron chi connectivity index (χ0n) is 11.6. The minimum absolute atomic E-state index is 0.502. The summed E-state index contributed by atoms with van der Waals surface area (Å²) in [5.41, 5.74) is 1.79. The van der Waals surface area contributed by atoms with Crippen LogP contribution in [0.5, 0.6) is 0 Å². The second-order valence-electron chi connectivity index (χ2n) is 5.52. The fraction of sp³-hybridized carbons (Fsp3) is 0.278. The van der Waals surface area contributed by atoms with Crippen molar-refractivity contribution in [1.82, 2.24) is 0 Å². The van der Waals surface area contributed by atoms with E-state index in [9.17, 15) is 10.4 Å². The molecular formula is C18H16ClNO. The molecule has 1 aliphatic carbocycles. The Balaban J connectivity index is 2.15. The van der Waals surface area contributed by atoms with Gasteiger partial charge in [0.25, 0.3) is 0 Å². The van der Waals surface area contributed by atoms with Crippen molar-refractivity contribution in [2.24, 2.45) is 0 Å². The molecule has 2 nitrogen and oxygen atoms in total. The lowest BCUT2D eigenvalue weighted by atomic mass is 9.66. The van der Waals surface area contributed by atoms with Gasteiger partial charge in [-0.1, -0.05) is 54.1 Å². The summed E-state index contributed by atoms with van der Waals surface area (Å²) in [5.74, 6) is 0. The smallest absolute Gasteiger partial charge is 0.112 e. The van der Waals surface area contributed by atoms with E-state index in [1.54, 1.807) is 12.1 Å². The summed E-state index contributed by atoms with van der Waals surface area (Å²) in [6.45, 7) is 0. The van der Waals surface area contributed by atoms with Gasteiger partial charge in [-0.15, -0.1) is 0 Å². The number of rotatable bonds is 2. The van der Waals surface area contributed by atoms with Gasteiger partial charge in [-0.05, 0) is 36.5 Å². The van der Waals surface area contributed by atoms with Gasteiger partial charge < -0.3 is 5.11 Å². The lowest BCUT2D eigenvalue weighted by Gasteiger charge is -2.37. The van der Waals surface area contributed by atoms with Crippen LogP contribution in [0.15, 0.2) is 48.5 Å². The summed E-state index contributed by atoms with van der Waals surface area (Å²) in [7, 11) is 0. The number of aliphatic hydroxyl groups is 1. The fourth-order valence-corrected chi connectivity index (χ4v) is 3.53. The summed E-state index contributed by atoms with van der Waals surface area (Å²) >= 11 is 6.21. The Labute approximate surface area is 129 Å². The summed E-state index contributed by atoms with van der Waals surface area (Å²) in [4.78, 5) is 0. The molecule has 1 N–H and O–H groups in total. The zero-order valence-corrected chi connectivity index (χ0v) is 12.3. The first-order valence-electron chi connectivity index (χ1n) is 7.11. The number of aryl methyl sites for hydroxylation is 1. The normalized spacial score (nSPS) is 22.1. The molecule has 0 aliphatic heterocycles. The first kappa shape index (κ1) is 14.1. The standard InChI is InChI=1S/C18H16ClNO/c19-16-10-4-2-8-14(16)17(21)18(12-20)11-5-7-13-6-1-3-9-15(13)18/h1-4,6,8-10,17,21H,5,7,11H2. The van der Waals surface area contributed by atoms with Gasteiger partial charge in [0.1, 0.15) is 11.5 Å². The predicted molar refractivity (Wildman–Crippen MR) is 83.1 cm³/mol. The highest BCUT2D eigenvalue weighted by Crippen LogP contribution is 2.46. The fourth-order valence-electron chi connectivity index (χ4n) is 3.29. The second kappa shape index (κ2) is 5.52. The molecule has 0 bridgehead atoms. The summed E-state index contributed by atoms with van der Waals surface area (Å²) in [6, 6.07) is 17.5. The van der Waals surface area contributed by atoms with Crippen LogP contribution in [0.4, 0.5) is 0 Å². The van der Waals surface area contributed by atoms with Crippen molar-refractivity contribution in [1.29, 1.82) is 5.26 Å². The van der Waals surface area contributed by atoms with Crippen molar-refractivity contribution < 1.29 is 5.11 Å². The third-order valence-corrected chi connectivity index (χ3v) is 4.73. The Morgan fingerprint density at radius 1 is 1.14 bits per heavy atom.